The molecule has 27 heavy (non-hydrogen) atoms. The van der Waals surface area contributed by atoms with Gasteiger partial charge in [-0.05, 0) is 42.7 Å². The lowest BCUT2D eigenvalue weighted by molar-refractivity contribution is -0.142. The summed E-state index contributed by atoms with van der Waals surface area (Å²) in [6, 6.07) is 12.2. The highest BCUT2D eigenvalue weighted by atomic mass is 35.5. The zero-order valence-corrected chi connectivity index (χ0v) is 16.0. The van der Waals surface area contributed by atoms with Gasteiger partial charge in [0.2, 0.25) is 0 Å². The van der Waals surface area contributed by atoms with Gasteiger partial charge < -0.3 is 13.9 Å². The fraction of sp³-hybridized carbons (Fsp3) is 0.238. The lowest BCUT2D eigenvalue weighted by Crippen LogP contribution is -2.19. The smallest absolute Gasteiger partial charge is 0.336 e. The number of methoxy groups -OCH3 is 2. The minimum atomic E-state index is -0.700. The normalized spacial score (nSPS) is 12.0. The highest BCUT2D eigenvalue weighted by molar-refractivity contribution is 6.31. The maximum absolute atomic E-state index is 12.6. The average molecular weight is 387 g/mol. The van der Waals surface area contributed by atoms with E-state index in [1.807, 2.05) is 18.2 Å². The SMILES string of the molecule is COC(=O)C(Cc1ccccc1Cl)c1cc(=O)oc2c(C)c(OC)ccc12. The van der Waals surface area contributed by atoms with E-state index < -0.39 is 17.5 Å². The van der Waals surface area contributed by atoms with E-state index in [4.69, 9.17) is 25.5 Å². The van der Waals surface area contributed by atoms with Gasteiger partial charge in [0.25, 0.3) is 0 Å². The standard InChI is InChI=1S/C21H19ClO5/c1-12-18(25-2)9-8-14-15(11-19(23)27-20(12)14)16(21(24)26-3)10-13-6-4-5-7-17(13)22/h4-9,11,16H,10H2,1-3H3. The van der Waals surface area contributed by atoms with E-state index >= 15 is 0 Å². The molecule has 0 amide bonds. The second-order valence-corrected chi connectivity index (χ2v) is 6.57. The predicted molar refractivity (Wildman–Crippen MR) is 104 cm³/mol. The van der Waals surface area contributed by atoms with Crippen LogP contribution in [0.4, 0.5) is 0 Å². The summed E-state index contributed by atoms with van der Waals surface area (Å²) in [5.41, 5.74) is 1.88. The Labute approximate surface area is 161 Å². The second kappa shape index (κ2) is 7.84. The molecule has 3 rings (SSSR count). The zero-order chi connectivity index (χ0) is 19.6. The Morgan fingerprint density at radius 3 is 2.59 bits per heavy atom. The van der Waals surface area contributed by atoms with Crippen LogP contribution in [0.25, 0.3) is 11.0 Å². The van der Waals surface area contributed by atoms with Crippen LogP contribution in [0.15, 0.2) is 51.7 Å². The van der Waals surface area contributed by atoms with E-state index in [0.29, 0.717) is 39.3 Å². The van der Waals surface area contributed by atoms with Gasteiger partial charge in [-0.3, -0.25) is 4.79 Å². The van der Waals surface area contributed by atoms with Crippen LogP contribution in [0.5, 0.6) is 5.75 Å². The summed E-state index contributed by atoms with van der Waals surface area (Å²) in [6.07, 6.45) is 0.302. The summed E-state index contributed by atoms with van der Waals surface area (Å²) in [5.74, 6) is -0.548. The highest BCUT2D eigenvalue weighted by Crippen LogP contribution is 2.34. The lowest BCUT2D eigenvalue weighted by Gasteiger charge is -2.18. The van der Waals surface area contributed by atoms with Gasteiger partial charge in [0, 0.05) is 22.0 Å². The van der Waals surface area contributed by atoms with Crippen LogP contribution >= 0.6 is 11.6 Å². The number of halogens is 1. The highest BCUT2D eigenvalue weighted by Gasteiger charge is 2.26. The van der Waals surface area contributed by atoms with Crippen LogP contribution in [0.2, 0.25) is 5.02 Å². The fourth-order valence-corrected chi connectivity index (χ4v) is 3.44. The van der Waals surface area contributed by atoms with Gasteiger partial charge in [-0.2, -0.15) is 0 Å². The quantitative estimate of drug-likeness (QED) is 0.484. The first-order valence-electron chi connectivity index (χ1n) is 8.38. The molecular formula is C21H19ClO5. The van der Waals surface area contributed by atoms with Crippen molar-refractivity contribution >= 4 is 28.5 Å². The molecule has 1 aromatic heterocycles. The number of hydrogen-bond donors (Lipinski definition) is 0. The van der Waals surface area contributed by atoms with Crippen molar-refractivity contribution in [3.63, 3.8) is 0 Å². The molecule has 6 heteroatoms. The summed E-state index contributed by atoms with van der Waals surface area (Å²) < 4.78 is 15.7. The Morgan fingerprint density at radius 2 is 1.93 bits per heavy atom. The van der Waals surface area contributed by atoms with E-state index in [9.17, 15) is 9.59 Å². The Kier molecular flexibility index (Phi) is 5.51. The third kappa shape index (κ3) is 3.69. The van der Waals surface area contributed by atoms with Crippen molar-refractivity contribution in [2.75, 3.05) is 14.2 Å². The lowest BCUT2D eigenvalue weighted by atomic mass is 9.89. The maximum atomic E-state index is 12.6. The Hall–Kier alpha value is -2.79. The van der Waals surface area contributed by atoms with Gasteiger partial charge in [-0.15, -0.1) is 0 Å². The van der Waals surface area contributed by atoms with E-state index in [2.05, 4.69) is 0 Å². The third-order valence-electron chi connectivity index (χ3n) is 4.61. The van der Waals surface area contributed by atoms with Crippen LogP contribution in [0.1, 0.15) is 22.6 Å². The summed E-state index contributed by atoms with van der Waals surface area (Å²) in [5, 5.41) is 1.21. The Morgan fingerprint density at radius 1 is 1.19 bits per heavy atom. The summed E-state index contributed by atoms with van der Waals surface area (Å²) >= 11 is 6.27. The zero-order valence-electron chi connectivity index (χ0n) is 15.2. The van der Waals surface area contributed by atoms with Crippen LogP contribution in [-0.2, 0) is 16.0 Å². The largest absolute Gasteiger partial charge is 0.496 e. The molecule has 2 aromatic carbocycles. The molecule has 1 unspecified atom stereocenters. The molecule has 1 atom stereocenters. The number of aryl methyl sites for hydroxylation is 1. The van der Waals surface area contributed by atoms with E-state index in [0.717, 1.165) is 5.56 Å². The molecule has 1 heterocycles. The molecule has 0 spiro atoms. The van der Waals surface area contributed by atoms with E-state index in [-0.39, 0.29) is 0 Å². The van der Waals surface area contributed by atoms with Crippen LogP contribution in [0.3, 0.4) is 0 Å². The molecule has 0 fully saturated rings. The van der Waals surface area contributed by atoms with Crippen molar-refractivity contribution < 1.29 is 18.7 Å². The number of benzene rings is 2. The van der Waals surface area contributed by atoms with Crippen molar-refractivity contribution in [3.05, 3.63) is 74.6 Å². The molecule has 0 bridgehead atoms. The third-order valence-corrected chi connectivity index (χ3v) is 4.97. The van der Waals surface area contributed by atoms with Gasteiger partial charge in [0.1, 0.15) is 11.3 Å². The number of ether oxygens (including phenoxy) is 2. The van der Waals surface area contributed by atoms with Crippen LogP contribution in [0, 0.1) is 6.92 Å². The van der Waals surface area contributed by atoms with Crippen LogP contribution in [-0.4, -0.2) is 20.2 Å². The van der Waals surface area contributed by atoms with Gasteiger partial charge >= 0.3 is 11.6 Å². The number of fused-ring (bicyclic) bond motifs is 1. The van der Waals surface area contributed by atoms with Gasteiger partial charge in [-0.1, -0.05) is 29.8 Å². The van der Waals surface area contributed by atoms with E-state index in [1.165, 1.54) is 13.2 Å². The Bertz CT molecular complexity index is 1050. The number of hydrogen-bond acceptors (Lipinski definition) is 5. The van der Waals surface area contributed by atoms with Crippen molar-refractivity contribution in [2.24, 2.45) is 0 Å². The maximum Gasteiger partial charge on any atom is 0.336 e. The molecule has 0 saturated carbocycles. The summed E-state index contributed by atoms with van der Waals surface area (Å²) in [6.45, 7) is 1.80. The van der Waals surface area contributed by atoms with Gasteiger partial charge in [0.05, 0.1) is 20.1 Å². The van der Waals surface area contributed by atoms with Gasteiger partial charge in [-0.25, -0.2) is 4.79 Å². The van der Waals surface area contributed by atoms with Crippen LogP contribution < -0.4 is 10.4 Å². The molecule has 0 aliphatic heterocycles. The molecule has 5 nitrogen and oxygen atoms in total. The number of carbonyl (C=O) groups is 1. The topological polar surface area (TPSA) is 65.7 Å². The van der Waals surface area contributed by atoms with Crippen molar-refractivity contribution in [3.8, 4) is 5.75 Å². The monoisotopic (exact) mass is 386 g/mol. The number of rotatable bonds is 5. The molecule has 3 aromatic rings. The molecule has 0 radical (unpaired) electrons. The average Bonchev–Trinajstić information content (AvgIpc) is 2.67. The second-order valence-electron chi connectivity index (χ2n) is 6.16. The first-order chi connectivity index (χ1) is 13.0. The number of esters is 1. The van der Waals surface area contributed by atoms with Crippen molar-refractivity contribution in [1.29, 1.82) is 0 Å². The number of carbonyl (C=O) groups excluding carboxylic acids is 1. The molecule has 0 aliphatic carbocycles. The molecule has 0 saturated heterocycles. The predicted octanol–water partition coefficient (Wildman–Crippen LogP) is 4.26. The minimum Gasteiger partial charge on any atom is -0.496 e. The van der Waals surface area contributed by atoms with Gasteiger partial charge in [0.15, 0.2) is 0 Å². The fourth-order valence-electron chi connectivity index (χ4n) is 3.22. The van der Waals surface area contributed by atoms with Crippen molar-refractivity contribution in [1.82, 2.24) is 0 Å². The van der Waals surface area contributed by atoms with E-state index in [1.54, 1.807) is 32.2 Å². The first-order valence-corrected chi connectivity index (χ1v) is 8.76. The molecule has 0 aliphatic rings. The van der Waals surface area contributed by atoms with Crippen molar-refractivity contribution in [2.45, 2.75) is 19.3 Å². The Balaban J connectivity index is 2.22. The summed E-state index contributed by atoms with van der Waals surface area (Å²) in [7, 11) is 2.87. The molecule has 140 valence electrons. The minimum absolute atomic E-state index is 0.302. The molecule has 0 N–H and O–H groups in total. The molecular weight excluding hydrogens is 368 g/mol. The first kappa shape index (κ1) is 19.0. The summed E-state index contributed by atoms with van der Waals surface area (Å²) in [4.78, 5) is 24.8.